The zero-order valence-electron chi connectivity index (χ0n) is 8.32. The highest BCUT2D eigenvalue weighted by Gasteiger charge is 2.35. The molecule has 0 aromatic carbocycles. The molecule has 1 fully saturated rings. The third kappa shape index (κ3) is 2.23. The summed E-state index contributed by atoms with van der Waals surface area (Å²) in [7, 11) is 0. The quantitative estimate of drug-likeness (QED) is 0.410. The van der Waals surface area contributed by atoms with E-state index in [1.807, 2.05) is 12.2 Å². The Morgan fingerprint density at radius 3 is 3.07 bits per heavy atom. The first-order valence-corrected chi connectivity index (χ1v) is 5.70. The number of carbonyl (C=O) groups excluding carboxylic acids is 2. The van der Waals surface area contributed by atoms with Crippen molar-refractivity contribution in [1.82, 2.24) is 0 Å². The molecular formula is C11H13ClO3. The van der Waals surface area contributed by atoms with Crippen molar-refractivity contribution in [2.75, 3.05) is 5.88 Å². The Bertz CT molecular complexity index is 311. The number of ether oxygens (including phenoxy) is 1. The number of ketones is 1. The molecule has 1 saturated carbocycles. The van der Waals surface area contributed by atoms with Gasteiger partial charge in [-0.05, 0) is 12.8 Å². The second-order valence-electron chi connectivity index (χ2n) is 4.06. The Morgan fingerprint density at radius 2 is 2.33 bits per heavy atom. The first-order chi connectivity index (χ1) is 7.20. The predicted molar refractivity (Wildman–Crippen MR) is 55.6 cm³/mol. The predicted octanol–water partition coefficient (Wildman–Crippen LogP) is 1.69. The highest BCUT2D eigenvalue weighted by Crippen LogP contribution is 2.34. The summed E-state index contributed by atoms with van der Waals surface area (Å²) in [4.78, 5) is 22.6. The van der Waals surface area contributed by atoms with Gasteiger partial charge in [0, 0.05) is 18.3 Å². The molecule has 0 heterocycles. The van der Waals surface area contributed by atoms with Crippen LogP contribution in [0.3, 0.4) is 0 Å². The number of halogens is 1. The van der Waals surface area contributed by atoms with Crippen LogP contribution in [-0.2, 0) is 14.3 Å². The second kappa shape index (κ2) is 4.35. The minimum absolute atomic E-state index is 0.0584. The van der Waals surface area contributed by atoms with Gasteiger partial charge in [0.1, 0.15) is 17.8 Å². The SMILES string of the molecule is O=C(CCl)O[C@@H]1C[C@H]2C=C[C@H]1CCC2=O. The highest BCUT2D eigenvalue weighted by molar-refractivity contribution is 6.26. The molecule has 0 aromatic heterocycles. The van der Waals surface area contributed by atoms with Crippen molar-refractivity contribution in [3.63, 3.8) is 0 Å². The summed E-state index contributed by atoms with van der Waals surface area (Å²) < 4.78 is 5.23. The van der Waals surface area contributed by atoms with Crippen LogP contribution in [0.2, 0.25) is 0 Å². The van der Waals surface area contributed by atoms with Gasteiger partial charge in [-0.2, -0.15) is 0 Å². The Morgan fingerprint density at radius 1 is 1.53 bits per heavy atom. The van der Waals surface area contributed by atoms with E-state index in [9.17, 15) is 9.59 Å². The van der Waals surface area contributed by atoms with E-state index < -0.39 is 5.97 Å². The number of alkyl halides is 1. The van der Waals surface area contributed by atoms with E-state index in [2.05, 4.69) is 0 Å². The summed E-state index contributed by atoms with van der Waals surface area (Å²) in [5.41, 5.74) is 0. The third-order valence-electron chi connectivity index (χ3n) is 3.08. The van der Waals surface area contributed by atoms with Crippen molar-refractivity contribution in [3.8, 4) is 0 Å². The van der Waals surface area contributed by atoms with Gasteiger partial charge < -0.3 is 4.74 Å². The summed E-state index contributed by atoms with van der Waals surface area (Å²) >= 11 is 5.38. The monoisotopic (exact) mass is 228 g/mol. The third-order valence-corrected chi connectivity index (χ3v) is 3.30. The van der Waals surface area contributed by atoms with Crippen molar-refractivity contribution < 1.29 is 14.3 Å². The van der Waals surface area contributed by atoms with Crippen LogP contribution in [0.25, 0.3) is 0 Å². The maximum absolute atomic E-state index is 11.6. The molecule has 0 radical (unpaired) electrons. The summed E-state index contributed by atoms with van der Waals surface area (Å²) in [6, 6.07) is 0. The number of fused-ring (bicyclic) bond motifs is 3. The van der Waals surface area contributed by atoms with Crippen molar-refractivity contribution in [1.29, 1.82) is 0 Å². The summed E-state index contributed by atoms with van der Waals surface area (Å²) in [5, 5.41) is 0. The lowest BCUT2D eigenvalue weighted by molar-refractivity contribution is -0.149. The molecule has 3 aliphatic carbocycles. The maximum Gasteiger partial charge on any atom is 0.321 e. The van der Waals surface area contributed by atoms with E-state index in [4.69, 9.17) is 16.3 Å². The molecule has 2 bridgehead atoms. The lowest BCUT2D eigenvalue weighted by atomic mass is 9.88. The summed E-state index contributed by atoms with van der Waals surface area (Å²) in [5.74, 6) is -0.115. The standard InChI is InChI=1S/C11H13ClO3/c12-6-11(14)15-10-5-8-2-1-7(10)3-4-9(8)13/h1-2,7-8,10H,3-6H2/t7-,8+,10+/m0/s1. The largest absolute Gasteiger partial charge is 0.461 e. The van der Waals surface area contributed by atoms with Crippen LogP contribution in [0.5, 0.6) is 0 Å². The number of carbonyl (C=O) groups is 2. The fourth-order valence-corrected chi connectivity index (χ4v) is 2.32. The molecule has 0 N–H and O–H groups in total. The first-order valence-electron chi connectivity index (χ1n) is 5.17. The Hall–Kier alpha value is -0.830. The molecule has 0 unspecified atom stereocenters. The van der Waals surface area contributed by atoms with Gasteiger partial charge in [0.2, 0.25) is 0 Å². The van der Waals surface area contributed by atoms with Crippen LogP contribution >= 0.6 is 11.6 Å². The smallest absolute Gasteiger partial charge is 0.321 e. The first kappa shape index (κ1) is 10.7. The number of esters is 1. The van der Waals surface area contributed by atoms with Gasteiger partial charge in [-0.15, -0.1) is 11.6 Å². The number of hydrogen-bond acceptors (Lipinski definition) is 3. The van der Waals surface area contributed by atoms with Crippen LogP contribution < -0.4 is 0 Å². The van der Waals surface area contributed by atoms with Crippen molar-refractivity contribution in [3.05, 3.63) is 12.2 Å². The molecule has 3 atom stereocenters. The van der Waals surface area contributed by atoms with Gasteiger partial charge in [-0.3, -0.25) is 9.59 Å². The molecule has 0 aromatic rings. The number of hydrogen-bond donors (Lipinski definition) is 0. The van der Waals surface area contributed by atoms with Crippen molar-refractivity contribution in [2.45, 2.75) is 25.4 Å². The lowest BCUT2D eigenvalue weighted by Crippen LogP contribution is -2.30. The molecule has 3 rings (SSSR count). The fourth-order valence-electron chi connectivity index (χ4n) is 2.26. The average molecular weight is 229 g/mol. The van der Waals surface area contributed by atoms with Crippen LogP contribution in [0, 0.1) is 11.8 Å². The van der Waals surface area contributed by atoms with Gasteiger partial charge in [-0.1, -0.05) is 12.2 Å². The Balaban J connectivity index is 2.07. The molecule has 0 amide bonds. The van der Waals surface area contributed by atoms with E-state index in [-0.39, 0.29) is 29.6 Å². The Kier molecular flexibility index (Phi) is 3.10. The lowest BCUT2D eigenvalue weighted by Gasteiger charge is -2.26. The molecule has 15 heavy (non-hydrogen) atoms. The second-order valence-corrected chi connectivity index (χ2v) is 4.33. The zero-order valence-corrected chi connectivity index (χ0v) is 9.07. The van der Waals surface area contributed by atoms with E-state index in [0.717, 1.165) is 6.42 Å². The molecule has 4 heteroatoms. The van der Waals surface area contributed by atoms with Crippen LogP contribution in [0.4, 0.5) is 0 Å². The molecule has 3 nitrogen and oxygen atoms in total. The van der Waals surface area contributed by atoms with Gasteiger partial charge in [-0.25, -0.2) is 0 Å². The summed E-state index contributed by atoms with van der Waals surface area (Å²) in [6.45, 7) is 0. The Labute approximate surface area is 93.4 Å². The zero-order chi connectivity index (χ0) is 10.8. The number of Topliss-reactive ketones (excluding diaryl/α,β-unsaturated/α-hetero) is 1. The minimum atomic E-state index is -0.393. The topological polar surface area (TPSA) is 43.4 Å². The van der Waals surface area contributed by atoms with E-state index in [0.29, 0.717) is 12.8 Å². The molecule has 3 aliphatic rings. The molecule has 0 saturated heterocycles. The van der Waals surface area contributed by atoms with E-state index in [1.165, 1.54) is 0 Å². The molecule has 0 spiro atoms. The number of allylic oxidation sites excluding steroid dienone is 1. The number of rotatable bonds is 2. The normalized spacial score (nSPS) is 33.9. The average Bonchev–Trinajstić information content (AvgIpc) is 2.50. The van der Waals surface area contributed by atoms with Crippen molar-refractivity contribution in [2.24, 2.45) is 11.8 Å². The van der Waals surface area contributed by atoms with Gasteiger partial charge in [0.15, 0.2) is 0 Å². The van der Waals surface area contributed by atoms with E-state index >= 15 is 0 Å². The molecular weight excluding hydrogens is 216 g/mol. The van der Waals surface area contributed by atoms with Gasteiger partial charge in [0.25, 0.3) is 0 Å². The van der Waals surface area contributed by atoms with E-state index in [1.54, 1.807) is 0 Å². The minimum Gasteiger partial charge on any atom is -0.461 e. The molecule has 82 valence electrons. The van der Waals surface area contributed by atoms with Gasteiger partial charge in [0.05, 0.1) is 0 Å². The highest BCUT2D eigenvalue weighted by atomic mass is 35.5. The van der Waals surface area contributed by atoms with Crippen molar-refractivity contribution >= 4 is 23.4 Å². The fraction of sp³-hybridized carbons (Fsp3) is 0.636. The van der Waals surface area contributed by atoms with Crippen LogP contribution in [0.1, 0.15) is 19.3 Å². The van der Waals surface area contributed by atoms with Crippen LogP contribution in [-0.4, -0.2) is 23.7 Å². The maximum atomic E-state index is 11.6. The van der Waals surface area contributed by atoms with Gasteiger partial charge >= 0.3 is 5.97 Å². The summed E-state index contributed by atoms with van der Waals surface area (Å²) in [6.07, 6.45) is 5.81. The molecule has 0 aliphatic heterocycles. The van der Waals surface area contributed by atoms with Crippen LogP contribution in [0.15, 0.2) is 12.2 Å².